The summed E-state index contributed by atoms with van der Waals surface area (Å²) in [5.41, 5.74) is 6.49. The third-order valence-electron chi connectivity index (χ3n) is 4.55. The fourth-order valence-corrected chi connectivity index (χ4v) is 4.36. The van der Waals surface area contributed by atoms with Crippen molar-refractivity contribution in [3.63, 3.8) is 0 Å². The van der Waals surface area contributed by atoms with Crippen molar-refractivity contribution >= 4 is 45.5 Å². The maximum absolute atomic E-state index is 12.6. The van der Waals surface area contributed by atoms with Crippen LogP contribution >= 0.6 is 23.1 Å². The lowest BCUT2D eigenvalue weighted by Gasteiger charge is -2.10. The number of rotatable bonds is 7. The molecular formula is C19H22N6O3S2. The topological polar surface area (TPSA) is 125 Å². The van der Waals surface area contributed by atoms with Crippen molar-refractivity contribution in [3.05, 3.63) is 56.2 Å². The minimum atomic E-state index is -0.703. The van der Waals surface area contributed by atoms with Crippen LogP contribution in [-0.2, 0) is 14.1 Å². The lowest BCUT2D eigenvalue weighted by molar-refractivity contribution is 0.102. The zero-order valence-corrected chi connectivity index (χ0v) is 18.6. The summed E-state index contributed by atoms with van der Waals surface area (Å²) in [6.07, 6.45) is 0. The maximum Gasteiger partial charge on any atom is 0.332 e. The monoisotopic (exact) mass is 446 g/mol. The zero-order chi connectivity index (χ0) is 22.0. The molecule has 0 radical (unpaired) electrons. The second-order valence-corrected chi connectivity index (χ2v) is 9.15. The lowest BCUT2D eigenvalue weighted by atomic mass is 10.0. The first-order valence-corrected chi connectivity index (χ1v) is 10.9. The Morgan fingerprint density at radius 1 is 1.17 bits per heavy atom. The lowest BCUT2D eigenvalue weighted by Crippen LogP contribution is -2.41. The summed E-state index contributed by atoms with van der Waals surface area (Å²) in [7, 11) is 2.72. The van der Waals surface area contributed by atoms with Crippen molar-refractivity contribution in [2.75, 3.05) is 16.8 Å². The molecule has 11 heteroatoms. The number of ketones is 1. The molecule has 0 aliphatic rings. The average Bonchev–Trinajstić information content (AvgIpc) is 3.17. The van der Waals surface area contributed by atoms with E-state index >= 15 is 0 Å². The van der Waals surface area contributed by atoms with E-state index in [1.54, 1.807) is 0 Å². The van der Waals surface area contributed by atoms with Gasteiger partial charge in [0, 0.05) is 19.8 Å². The van der Waals surface area contributed by atoms with Crippen LogP contribution in [0.1, 0.15) is 35.7 Å². The Hall–Kier alpha value is -2.92. The standard InChI is InChI=1S/C19H22N6O3S2/c1-10(2)11-5-7-12(8-6-11)21-17-22-23-18(30-17)29-9-13(26)14-15(20)24(3)19(28)25(4)16(14)27/h5-8,10H,9,20H2,1-4H3,(H,21,22). The van der Waals surface area contributed by atoms with Crippen LogP contribution in [0.5, 0.6) is 0 Å². The minimum Gasteiger partial charge on any atom is -0.384 e. The molecule has 0 unspecified atom stereocenters. The predicted octanol–water partition coefficient (Wildman–Crippen LogP) is 2.36. The van der Waals surface area contributed by atoms with Gasteiger partial charge in [-0.15, -0.1) is 10.2 Å². The van der Waals surface area contributed by atoms with Crippen molar-refractivity contribution < 1.29 is 4.79 Å². The molecule has 0 atom stereocenters. The molecule has 0 spiro atoms. The number of anilines is 3. The Morgan fingerprint density at radius 2 is 1.83 bits per heavy atom. The summed E-state index contributed by atoms with van der Waals surface area (Å²) >= 11 is 2.46. The number of benzene rings is 1. The van der Waals surface area contributed by atoms with E-state index in [-0.39, 0.29) is 17.1 Å². The van der Waals surface area contributed by atoms with Gasteiger partial charge in [0.15, 0.2) is 10.1 Å². The second kappa shape index (κ2) is 8.84. The van der Waals surface area contributed by atoms with Gasteiger partial charge in [-0.25, -0.2) is 4.79 Å². The third-order valence-corrected chi connectivity index (χ3v) is 6.52. The number of hydrogen-bond donors (Lipinski definition) is 2. The zero-order valence-electron chi connectivity index (χ0n) is 17.0. The van der Waals surface area contributed by atoms with Crippen molar-refractivity contribution in [1.82, 2.24) is 19.3 Å². The molecule has 158 valence electrons. The van der Waals surface area contributed by atoms with Crippen molar-refractivity contribution in [2.45, 2.75) is 24.1 Å². The first-order chi connectivity index (χ1) is 14.2. The molecule has 3 N–H and O–H groups in total. The van der Waals surface area contributed by atoms with Gasteiger partial charge in [-0.05, 0) is 23.6 Å². The normalized spacial score (nSPS) is 11.1. The van der Waals surface area contributed by atoms with Crippen molar-refractivity contribution in [1.29, 1.82) is 0 Å². The highest BCUT2D eigenvalue weighted by molar-refractivity contribution is 8.01. The molecule has 30 heavy (non-hydrogen) atoms. The summed E-state index contributed by atoms with van der Waals surface area (Å²) in [5, 5.41) is 11.9. The molecule has 2 heterocycles. The predicted molar refractivity (Wildman–Crippen MR) is 120 cm³/mol. The van der Waals surface area contributed by atoms with E-state index in [4.69, 9.17) is 5.73 Å². The quantitative estimate of drug-likeness (QED) is 0.419. The molecule has 0 bridgehead atoms. The first kappa shape index (κ1) is 21.8. The number of nitrogens with one attached hydrogen (secondary N) is 1. The molecule has 0 saturated heterocycles. The van der Waals surface area contributed by atoms with E-state index in [9.17, 15) is 14.4 Å². The molecule has 1 aromatic carbocycles. The maximum atomic E-state index is 12.6. The summed E-state index contributed by atoms with van der Waals surface area (Å²) in [5.74, 6) is -0.199. The summed E-state index contributed by atoms with van der Waals surface area (Å²) in [6, 6.07) is 8.07. The third kappa shape index (κ3) is 4.46. The van der Waals surface area contributed by atoms with E-state index in [0.717, 1.165) is 26.6 Å². The van der Waals surface area contributed by atoms with Gasteiger partial charge in [0.2, 0.25) is 5.13 Å². The van der Waals surface area contributed by atoms with E-state index in [0.29, 0.717) is 15.4 Å². The van der Waals surface area contributed by atoms with Gasteiger partial charge in [-0.3, -0.25) is 18.7 Å². The Morgan fingerprint density at radius 3 is 2.47 bits per heavy atom. The van der Waals surface area contributed by atoms with Crippen LogP contribution in [0.15, 0.2) is 38.2 Å². The smallest absolute Gasteiger partial charge is 0.332 e. The first-order valence-electron chi connectivity index (χ1n) is 9.11. The van der Waals surface area contributed by atoms with Crippen molar-refractivity contribution in [3.8, 4) is 0 Å². The summed E-state index contributed by atoms with van der Waals surface area (Å²) in [6.45, 7) is 4.27. The minimum absolute atomic E-state index is 0.0463. The number of carbonyl (C=O) groups excluding carboxylic acids is 1. The molecule has 2 aromatic heterocycles. The molecule has 0 fully saturated rings. The van der Waals surface area contributed by atoms with E-state index < -0.39 is 17.0 Å². The highest BCUT2D eigenvalue weighted by Crippen LogP contribution is 2.28. The molecule has 0 amide bonds. The van der Waals surface area contributed by atoms with Gasteiger partial charge >= 0.3 is 5.69 Å². The highest BCUT2D eigenvalue weighted by Gasteiger charge is 2.21. The van der Waals surface area contributed by atoms with Crippen LogP contribution in [0, 0.1) is 0 Å². The number of nitrogens with two attached hydrogens (primary N) is 1. The van der Waals surface area contributed by atoms with Gasteiger partial charge in [-0.2, -0.15) is 0 Å². The molecule has 3 aromatic rings. The number of nitrogen functional groups attached to an aromatic ring is 1. The summed E-state index contributed by atoms with van der Waals surface area (Å²) in [4.78, 5) is 36.7. The molecule has 0 aliphatic heterocycles. The fourth-order valence-electron chi connectivity index (χ4n) is 2.71. The van der Waals surface area contributed by atoms with E-state index in [1.165, 1.54) is 31.0 Å². The number of carbonyl (C=O) groups is 1. The molecule has 9 nitrogen and oxygen atoms in total. The van der Waals surface area contributed by atoms with Crippen LogP contribution in [0.4, 0.5) is 16.6 Å². The average molecular weight is 447 g/mol. The number of aromatic nitrogens is 4. The number of nitrogens with zero attached hydrogens (tertiary/aromatic N) is 4. The molecule has 3 rings (SSSR count). The van der Waals surface area contributed by atoms with Crippen LogP contribution in [0.3, 0.4) is 0 Å². The van der Waals surface area contributed by atoms with Crippen LogP contribution in [0.25, 0.3) is 0 Å². The number of hydrogen-bond acceptors (Lipinski definition) is 9. The Kier molecular flexibility index (Phi) is 6.42. The van der Waals surface area contributed by atoms with Crippen LogP contribution in [-0.4, -0.2) is 30.9 Å². The summed E-state index contributed by atoms with van der Waals surface area (Å²) < 4.78 is 2.52. The SMILES string of the molecule is CC(C)c1ccc(Nc2nnc(SCC(=O)c3c(N)n(C)c(=O)n(C)c3=O)s2)cc1. The van der Waals surface area contributed by atoms with Gasteiger partial charge in [-0.1, -0.05) is 49.1 Å². The Labute approximate surface area is 181 Å². The van der Waals surface area contributed by atoms with E-state index in [1.807, 2.05) is 12.1 Å². The van der Waals surface area contributed by atoms with Gasteiger partial charge in [0.25, 0.3) is 5.56 Å². The second-order valence-electron chi connectivity index (χ2n) is 6.95. The van der Waals surface area contributed by atoms with E-state index in [2.05, 4.69) is 41.5 Å². The molecule has 0 aliphatic carbocycles. The van der Waals surface area contributed by atoms with Crippen LogP contribution < -0.4 is 22.3 Å². The number of Topliss-reactive ketones (excluding diaryl/α,β-unsaturated/α-hetero) is 1. The van der Waals surface area contributed by atoms with Gasteiger partial charge in [0.05, 0.1) is 5.75 Å². The molecule has 0 saturated carbocycles. The molecular weight excluding hydrogens is 424 g/mol. The van der Waals surface area contributed by atoms with Crippen molar-refractivity contribution in [2.24, 2.45) is 14.1 Å². The highest BCUT2D eigenvalue weighted by atomic mass is 32.2. The largest absolute Gasteiger partial charge is 0.384 e. The fraction of sp³-hybridized carbons (Fsp3) is 0.316. The van der Waals surface area contributed by atoms with Gasteiger partial charge < -0.3 is 11.1 Å². The number of thioether (sulfide) groups is 1. The van der Waals surface area contributed by atoms with Gasteiger partial charge in [0.1, 0.15) is 11.4 Å². The Bertz CT molecular complexity index is 1190. The van der Waals surface area contributed by atoms with Crippen LogP contribution in [0.2, 0.25) is 0 Å². The Balaban J connectivity index is 1.68.